The van der Waals surface area contributed by atoms with Gasteiger partial charge < -0.3 is 29.6 Å². The average molecular weight is 408 g/mol. The summed E-state index contributed by atoms with van der Waals surface area (Å²) in [5.41, 5.74) is 2.29. The number of guanidine groups is 1. The van der Waals surface area contributed by atoms with Crippen molar-refractivity contribution in [2.45, 2.75) is 32.7 Å². The number of ether oxygens (including phenoxy) is 4. The number of aliphatic imine (C=N–C) groups is 1. The highest BCUT2D eigenvalue weighted by Gasteiger charge is 2.15. The predicted molar refractivity (Wildman–Crippen MR) is 116 cm³/mol. The van der Waals surface area contributed by atoms with Crippen molar-refractivity contribution in [3.63, 3.8) is 0 Å². The highest BCUT2D eigenvalue weighted by atomic mass is 16.5. The molecule has 2 N–H and O–H groups in total. The van der Waals surface area contributed by atoms with E-state index in [4.69, 9.17) is 18.9 Å². The largest absolute Gasteiger partial charge is 0.493 e. The van der Waals surface area contributed by atoms with Gasteiger partial charge in [-0.2, -0.15) is 0 Å². The van der Waals surface area contributed by atoms with Crippen molar-refractivity contribution >= 4 is 5.96 Å². The third kappa shape index (κ3) is 9.47. The van der Waals surface area contributed by atoms with E-state index >= 15 is 0 Å². The Morgan fingerprint density at radius 2 is 2.10 bits per heavy atom. The van der Waals surface area contributed by atoms with E-state index in [0.29, 0.717) is 25.7 Å². The van der Waals surface area contributed by atoms with Gasteiger partial charge in [-0.1, -0.05) is 12.1 Å². The highest BCUT2D eigenvalue weighted by Crippen LogP contribution is 2.20. The van der Waals surface area contributed by atoms with Crippen molar-refractivity contribution in [1.82, 2.24) is 10.6 Å². The molecule has 1 heterocycles. The zero-order valence-electron chi connectivity index (χ0n) is 18.2. The highest BCUT2D eigenvalue weighted by molar-refractivity contribution is 5.79. The minimum atomic E-state index is 0.567. The van der Waals surface area contributed by atoms with Gasteiger partial charge in [0.25, 0.3) is 0 Å². The van der Waals surface area contributed by atoms with Crippen LogP contribution in [-0.2, 0) is 20.8 Å². The summed E-state index contributed by atoms with van der Waals surface area (Å²) in [4.78, 5) is 4.30. The van der Waals surface area contributed by atoms with Crippen LogP contribution >= 0.6 is 0 Å². The van der Waals surface area contributed by atoms with Crippen LogP contribution in [-0.4, -0.2) is 66.3 Å². The van der Waals surface area contributed by atoms with Gasteiger partial charge in [0.05, 0.1) is 19.8 Å². The summed E-state index contributed by atoms with van der Waals surface area (Å²) in [6.07, 6.45) is 2.93. The smallest absolute Gasteiger partial charge is 0.191 e. The molecule has 0 aliphatic carbocycles. The molecule has 0 bridgehead atoms. The average Bonchev–Trinajstić information content (AvgIpc) is 3.24. The first-order valence-corrected chi connectivity index (χ1v) is 10.5. The molecular formula is C22H37N3O4. The number of benzene rings is 1. The fraction of sp³-hybridized carbons (Fsp3) is 0.682. The second-order valence-electron chi connectivity index (χ2n) is 7.32. The number of hydrogen-bond acceptors (Lipinski definition) is 5. The van der Waals surface area contributed by atoms with E-state index in [0.717, 1.165) is 69.5 Å². The van der Waals surface area contributed by atoms with Gasteiger partial charge >= 0.3 is 0 Å². The molecule has 0 aromatic heterocycles. The van der Waals surface area contributed by atoms with Gasteiger partial charge in [-0.05, 0) is 31.4 Å². The van der Waals surface area contributed by atoms with Gasteiger partial charge in [0.2, 0.25) is 0 Å². The molecular weight excluding hydrogens is 370 g/mol. The van der Waals surface area contributed by atoms with Crippen LogP contribution in [0.5, 0.6) is 5.75 Å². The molecule has 164 valence electrons. The van der Waals surface area contributed by atoms with Crippen LogP contribution in [0.15, 0.2) is 23.2 Å². The first-order chi connectivity index (χ1) is 14.2. The van der Waals surface area contributed by atoms with E-state index in [1.165, 1.54) is 5.56 Å². The molecule has 1 aromatic carbocycles. The summed E-state index contributed by atoms with van der Waals surface area (Å²) >= 11 is 0. The summed E-state index contributed by atoms with van der Waals surface area (Å²) in [7, 11) is 3.49. The van der Waals surface area contributed by atoms with Crippen LogP contribution in [0.2, 0.25) is 0 Å². The fourth-order valence-corrected chi connectivity index (χ4v) is 3.07. The number of methoxy groups -OCH3 is 1. The van der Waals surface area contributed by atoms with Gasteiger partial charge in [-0.3, -0.25) is 4.99 Å². The summed E-state index contributed by atoms with van der Waals surface area (Å²) in [5, 5.41) is 6.70. The van der Waals surface area contributed by atoms with Gasteiger partial charge in [-0.15, -0.1) is 0 Å². The molecule has 0 spiro atoms. The van der Waals surface area contributed by atoms with Crippen LogP contribution in [0.25, 0.3) is 0 Å². The molecule has 1 unspecified atom stereocenters. The van der Waals surface area contributed by atoms with E-state index < -0.39 is 0 Å². The monoisotopic (exact) mass is 407 g/mol. The van der Waals surface area contributed by atoms with E-state index in [2.05, 4.69) is 40.7 Å². The van der Waals surface area contributed by atoms with Gasteiger partial charge in [-0.25, -0.2) is 0 Å². The normalized spacial score (nSPS) is 16.8. The number of hydrogen-bond donors (Lipinski definition) is 2. The minimum Gasteiger partial charge on any atom is -0.493 e. The Morgan fingerprint density at radius 3 is 2.86 bits per heavy atom. The molecule has 7 nitrogen and oxygen atoms in total. The van der Waals surface area contributed by atoms with E-state index in [9.17, 15) is 0 Å². The molecule has 1 aromatic rings. The maximum atomic E-state index is 5.95. The molecule has 0 radical (unpaired) electrons. The standard InChI is InChI=1S/C22H37N3O4/c1-18-6-7-20(21(14-18)29-12-5-10-26-3)15-25-22(23-2)24-9-4-11-27-16-19-8-13-28-17-19/h6-7,14,19H,4-5,8-13,15-17H2,1-3H3,(H2,23,24,25). The van der Waals surface area contributed by atoms with Crippen LogP contribution < -0.4 is 15.4 Å². The number of aryl methyl sites for hydroxylation is 1. The lowest BCUT2D eigenvalue weighted by Gasteiger charge is -2.16. The lowest BCUT2D eigenvalue weighted by atomic mass is 10.1. The Kier molecular flexibility index (Phi) is 11.5. The molecule has 7 heteroatoms. The Bertz CT molecular complexity index is 604. The number of rotatable bonds is 13. The maximum absolute atomic E-state index is 5.95. The summed E-state index contributed by atoms with van der Waals surface area (Å²) in [6, 6.07) is 6.27. The topological polar surface area (TPSA) is 73.3 Å². The molecule has 0 saturated carbocycles. The van der Waals surface area contributed by atoms with Gasteiger partial charge in [0.1, 0.15) is 5.75 Å². The summed E-state index contributed by atoms with van der Waals surface area (Å²) < 4.78 is 22.1. The van der Waals surface area contributed by atoms with E-state index in [1.54, 1.807) is 14.2 Å². The first kappa shape index (κ1) is 23.4. The lowest BCUT2D eigenvalue weighted by molar-refractivity contribution is 0.0888. The SMILES string of the molecule is CN=C(NCCCOCC1CCOC1)NCc1ccc(C)cc1OCCCOC. The second kappa shape index (κ2) is 14.2. The molecule has 1 saturated heterocycles. The molecule has 1 fully saturated rings. The van der Waals surface area contributed by atoms with Crippen molar-refractivity contribution in [3.8, 4) is 5.75 Å². The molecule has 29 heavy (non-hydrogen) atoms. The van der Waals surface area contributed by atoms with Crippen LogP contribution in [0.3, 0.4) is 0 Å². The lowest BCUT2D eigenvalue weighted by Crippen LogP contribution is -2.37. The van der Waals surface area contributed by atoms with Crippen molar-refractivity contribution in [2.75, 3.05) is 60.3 Å². The molecule has 0 amide bonds. The van der Waals surface area contributed by atoms with Crippen molar-refractivity contribution < 1.29 is 18.9 Å². The third-order valence-corrected chi connectivity index (χ3v) is 4.78. The fourth-order valence-electron chi connectivity index (χ4n) is 3.07. The van der Waals surface area contributed by atoms with E-state index in [1.807, 2.05) is 0 Å². The Hall–Kier alpha value is -1.83. The van der Waals surface area contributed by atoms with E-state index in [-0.39, 0.29) is 0 Å². The summed E-state index contributed by atoms with van der Waals surface area (Å²) in [5.74, 6) is 2.26. The molecule has 2 rings (SSSR count). The van der Waals surface area contributed by atoms with Crippen molar-refractivity contribution in [1.29, 1.82) is 0 Å². The predicted octanol–water partition coefficient (Wildman–Crippen LogP) is 2.52. The molecule has 1 aliphatic rings. The molecule has 1 aliphatic heterocycles. The number of nitrogens with one attached hydrogen (secondary N) is 2. The van der Waals surface area contributed by atoms with Gasteiger partial charge in [0, 0.05) is 65.0 Å². The van der Waals surface area contributed by atoms with Crippen LogP contribution in [0, 0.1) is 12.8 Å². The number of nitrogens with zero attached hydrogens (tertiary/aromatic N) is 1. The Morgan fingerprint density at radius 1 is 1.21 bits per heavy atom. The molecule has 1 atom stereocenters. The Labute approximate surface area is 175 Å². The quantitative estimate of drug-likeness (QED) is 0.297. The zero-order valence-corrected chi connectivity index (χ0v) is 18.2. The van der Waals surface area contributed by atoms with Crippen LogP contribution in [0.1, 0.15) is 30.4 Å². The third-order valence-electron chi connectivity index (χ3n) is 4.78. The first-order valence-electron chi connectivity index (χ1n) is 10.5. The zero-order chi connectivity index (χ0) is 20.7. The summed E-state index contributed by atoms with van der Waals surface area (Å²) in [6.45, 7) is 8.14. The van der Waals surface area contributed by atoms with Crippen molar-refractivity contribution in [2.24, 2.45) is 10.9 Å². The second-order valence-corrected chi connectivity index (χ2v) is 7.32. The minimum absolute atomic E-state index is 0.567. The van der Waals surface area contributed by atoms with Crippen LogP contribution in [0.4, 0.5) is 0 Å². The Balaban J connectivity index is 1.67. The maximum Gasteiger partial charge on any atom is 0.191 e. The van der Waals surface area contributed by atoms with Gasteiger partial charge in [0.15, 0.2) is 5.96 Å². The van der Waals surface area contributed by atoms with Crippen molar-refractivity contribution in [3.05, 3.63) is 29.3 Å².